The van der Waals surface area contributed by atoms with Gasteiger partial charge in [-0.15, -0.1) is 0 Å². The van der Waals surface area contributed by atoms with Gasteiger partial charge >= 0.3 is 0 Å². The van der Waals surface area contributed by atoms with E-state index in [4.69, 9.17) is 22.7 Å². The number of ether oxygens (including phenoxy) is 1. The molecule has 2 nitrogen and oxygen atoms in total. The fourth-order valence-electron chi connectivity index (χ4n) is 0.526. The van der Waals surface area contributed by atoms with Gasteiger partial charge in [0, 0.05) is 13.5 Å². The van der Waals surface area contributed by atoms with Crippen molar-refractivity contribution in [3.8, 4) is 0 Å². The van der Waals surface area contributed by atoms with Crippen molar-refractivity contribution in [3.63, 3.8) is 0 Å². The zero-order valence-electron chi connectivity index (χ0n) is 6.81. The van der Waals surface area contributed by atoms with E-state index in [2.05, 4.69) is 0 Å². The molecule has 3 heteroatoms. The lowest BCUT2D eigenvalue weighted by atomic mass is 10.0. The highest BCUT2D eigenvalue weighted by atomic mass is 32.1. The first-order chi connectivity index (χ1) is 4.48. The van der Waals surface area contributed by atoms with E-state index >= 15 is 0 Å². The van der Waals surface area contributed by atoms with Crippen LogP contribution < -0.4 is 5.73 Å². The molecule has 2 N–H and O–H groups in total. The minimum atomic E-state index is -0.0938. The topological polar surface area (TPSA) is 35.2 Å². The minimum Gasteiger partial charge on any atom is -0.393 e. The molecule has 0 fully saturated rings. The molecule has 0 atom stereocenters. The first-order valence-electron chi connectivity index (χ1n) is 3.31. The number of nitrogens with two attached hydrogens (primary N) is 1. The Bertz CT molecular complexity index is 123. The van der Waals surface area contributed by atoms with Gasteiger partial charge in [-0.05, 0) is 20.3 Å². The molecule has 0 aromatic rings. The Morgan fingerprint density at radius 3 is 2.40 bits per heavy atom. The first-order valence-corrected chi connectivity index (χ1v) is 3.72. The van der Waals surface area contributed by atoms with Gasteiger partial charge in [0.2, 0.25) is 0 Å². The van der Waals surface area contributed by atoms with Crippen molar-refractivity contribution in [2.45, 2.75) is 32.3 Å². The van der Waals surface area contributed by atoms with Crippen molar-refractivity contribution in [2.75, 3.05) is 7.11 Å². The predicted molar refractivity (Wildman–Crippen MR) is 47.1 cm³/mol. The molecule has 10 heavy (non-hydrogen) atoms. The normalized spacial score (nSPS) is 11.5. The predicted octanol–water partition coefficient (Wildman–Crippen LogP) is 1.48. The van der Waals surface area contributed by atoms with Gasteiger partial charge in [-0.1, -0.05) is 12.2 Å². The van der Waals surface area contributed by atoms with E-state index in [-0.39, 0.29) is 5.60 Å². The lowest BCUT2D eigenvalue weighted by Gasteiger charge is -2.21. The second-order valence-electron chi connectivity index (χ2n) is 2.93. The molecule has 0 aromatic carbocycles. The summed E-state index contributed by atoms with van der Waals surface area (Å²) in [4.78, 5) is 0.560. The summed E-state index contributed by atoms with van der Waals surface area (Å²) in [5.74, 6) is 0. The number of rotatable bonds is 4. The molecule has 0 aliphatic rings. The summed E-state index contributed by atoms with van der Waals surface area (Å²) in [5.41, 5.74) is 5.24. The molecule has 0 saturated carbocycles. The average molecular weight is 161 g/mol. The van der Waals surface area contributed by atoms with Gasteiger partial charge in [0.25, 0.3) is 0 Å². The molecule has 0 saturated heterocycles. The van der Waals surface area contributed by atoms with Crippen molar-refractivity contribution >= 4 is 17.2 Å². The van der Waals surface area contributed by atoms with Crippen molar-refractivity contribution < 1.29 is 4.74 Å². The van der Waals surface area contributed by atoms with Crippen molar-refractivity contribution in [1.82, 2.24) is 0 Å². The minimum absolute atomic E-state index is 0.0938. The van der Waals surface area contributed by atoms with Crippen LogP contribution in [-0.4, -0.2) is 17.7 Å². The lowest BCUT2D eigenvalue weighted by molar-refractivity contribution is 0.0173. The summed E-state index contributed by atoms with van der Waals surface area (Å²) in [5, 5.41) is 0. The van der Waals surface area contributed by atoms with Crippen LogP contribution >= 0.6 is 12.2 Å². The van der Waals surface area contributed by atoms with Crippen LogP contribution in [0.5, 0.6) is 0 Å². The third-order valence-corrected chi connectivity index (χ3v) is 1.73. The SMILES string of the molecule is COC(C)(C)CCC(N)=S. The van der Waals surface area contributed by atoms with E-state index in [1.54, 1.807) is 7.11 Å². The Balaban J connectivity index is 3.56. The fourth-order valence-corrected chi connectivity index (χ4v) is 0.628. The molecule has 0 rings (SSSR count). The summed E-state index contributed by atoms with van der Waals surface area (Å²) in [6.45, 7) is 4.04. The van der Waals surface area contributed by atoms with E-state index < -0.39 is 0 Å². The van der Waals surface area contributed by atoms with Crippen molar-refractivity contribution in [2.24, 2.45) is 5.73 Å². The van der Waals surface area contributed by atoms with Crippen LogP contribution in [0.25, 0.3) is 0 Å². The Labute approximate surface area is 67.7 Å². The molecule has 0 bridgehead atoms. The highest BCUT2D eigenvalue weighted by Gasteiger charge is 2.15. The molecule has 0 radical (unpaired) electrons. The average Bonchev–Trinajstić information content (AvgIpc) is 1.85. The van der Waals surface area contributed by atoms with Crippen LogP contribution in [0, 0.1) is 0 Å². The maximum Gasteiger partial charge on any atom is 0.0728 e. The van der Waals surface area contributed by atoms with Gasteiger partial charge in [0.05, 0.1) is 10.6 Å². The van der Waals surface area contributed by atoms with E-state index in [1.165, 1.54) is 0 Å². The molecule has 0 aliphatic heterocycles. The first kappa shape index (κ1) is 9.85. The number of hydrogen-bond acceptors (Lipinski definition) is 2. The standard InChI is InChI=1S/C7H15NOS/c1-7(2,9-3)5-4-6(8)10/h4-5H2,1-3H3,(H2,8,10). The second kappa shape index (κ2) is 3.88. The van der Waals surface area contributed by atoms with E-state index in [0.29, 0.717) is 4.99 Å². The Morgan fingerprint density at radius 2 is 2.10 bits per heavy atom. The number of hydrogen-bond donors (Lipinski definition) is 1. The van der Waals surface area contributed by atoms with E-state index in [1.807, 2.05) is 13.8 Å². The fraction of sp³-hybridized carbons (Fsp3) is 0.857. The van der Waals surface area contributed by atoms with Gasteiger partial charge in [0.15, 0.2) is 0 Å². The highest BCUT2D eigenvalue weighted by molar-refractivity contribution is 7.80. The maximum atomic E-state index is 5.33. The quantitative estimate of drug-likeness (QED) is 0.634. The monoisotopic (exact) mass is 161 g/mol. The molecular formula is C7H15NOS. The van der Waals surface area contributed by atoms with Gasteiger partial charge in [-0.2, -0.15) is 0 Å². The van der Waals surface area contributed by atoms with Crippen LogP contribution in [0.2, 0.25) is 0 Å². The Hall–Kier alpha value is -0.150. The summed E-state index contributed by atoms with van der Waals surface area (Å²) < 4.78 is 5.17. The zero-order valence-corrected chi connectivity index (χ0v) is 7.62. The van der Waals surface area contributed by atoms with Gasteiger partial charge in [0.1, 0.15) is 0 Å². The van der Waals surface area contributed by atoms with Crippen LogP contribution in [0.4, 0.5) is 0 Å². The molecule has 0 aliphatic carbocycles. The smallest absolute Gasteiger partial charge is 0.0728 e. The summed E-state index contributed by atoms with van der Waals surface area (Å²) >= 11 is 4.73. The molecule has 60 valence electrons. The third kappa shape index (κ3) is 4.70. The van der Waals surface area contributed by atoms with Crippen molar-refractivity contribution in [3.05, 3.63) is 0 Å². The Morgan fingerprint density at radius 1 is 1.60 bits per heavy atom. The van der Waals surface area contributed by atoms with Crippen LogP contribution in [-0.2, 0) is 4.74 Å². The molecule has 0 aromatic heterocycles. The van der Waals surface area contributed by atoms with Crippen molar-refractivity contribution in [1.29, 1.82) is 0 Å². The second-order valence-corrected chi connectivity index (χ2v) is 3.45. The largest absolute Gasteiger partial charge is 0.393 e. The zero-order chi connectivity index (χ0) is 8.20. The molecule has 0 unspecified atom stereocenters. The van der Waals surface area contributed by atoms with Crippen LogP contribution in [0.1, 0.15) is 26.7 Å². The lowest BCUT2D eigenvalue weighted by Crippen LogP contribution is -2.24. The summed E-state index contributed by atoms with van der Waals surface area (Å²) in [6.07, 6.45) is 1.65. The third-order valence-electron chi connectivity index (χ3n) is 1.53. The molecular weight excluding hydrogens is 146 g/mol. The van der Waals surface area contributed by atoms with Gasteiger partial charge in [-0.25, -0.2) is 0 Å². The number of methoxy groups -OCH3 is 1. The van der Waals surface area contributed by atoms with Crippen LogP contribution in [0.15, 0.2) is 0 Å². The van der Waals surface area contributed by atoms with Crippen LogP contribution in [0.3, 0.4) is 0 Å². The molecule has 0 heterocycles. The van der Waals surface area contributed by atoms with Gasteiger partial charge < -0.3 is 10.5 Å². The number of thiocarbonyl (C=S) groups is 1. The molecule has 0 spiro atoms. The highest BCUT2D eigenvalue weighted by Crippen LogP contribution is 2.14. The van der Waals surface area contributed by atoms with E-state index in [9.17, 15) is 0 Å². The molecule has 0 amide bonds. The summed E-state index contributed by atoms with van der Waals surface area (Å²) in [7, 11) is 1.69. The Kier molecular flexibility index (Phi) is 3.83. The maximum absolute atomic E-state index is 5.33. The van der Waals surface area contributed by atoms with Gasteiger partial charge in [-0.3, -0.25) is 0 Å². The van der Waals surface area contributed by atoms with E-state index in [0.717, 1.165) is 12.8 Å². The summed E-state index contributed by atoms with van der Waals surface area (Å²) in [6, 6.07) is 0.